The van der Waals surface area contributed by atoms with Gasteiger partial charge in [-0.3, -0.25) is 4.79 Å². The minimum atomic E-state index is -0.185. The van der Waals surface area contributed by atoms with Crippen LogP contribution in [0.4, 0.5) is 17.2 Å². The molecule has 0 unspecified atom stereocenters. The molecular weight excluding hydrogens is 376 g/mol. The Morgan fingerprint density at radius 3 is 2.47 bits per heavy atom. The van der Waals surface area contributed by atoms with Crippen LogP contribution in [-0.4, -0.2) is 25.7 Å². The molecule has 2 aromatic heterocycles. The van der Waals surface area contributed by atoms with Crippen LogP contribution in [0.3, 0.4) is 0 Å². The Hall–Kier alpha value is -4.26. The van der Waals surface area contributed by atoms with E-state index >= 15 is 0 Å². The molecule has 0 atom stereocenters. The third kappa shape index (κ3) is 4.96. The van der Waals surface area contributed by atoms with Gasteiger partial charge in [-0.25, -0.2) is 14.6 Å². The second-order valence-corrected chi connectivity index (χ2v) is 6.54. The van der Waals surface area contributed by atoms with Crippen molar-refractivity contribution in [1.82, 2.24) is 19.7 Å². The van der Waals surface area contributed by atoms with Crippen LogP contribution in [0.15, 0.2) is 85.2 Å². The van der Waals surface area contributed by atoms with Crippen molar-refractivity contribution in [2.45, 2.75) is 6.92 Å². The predicted molar refractivity (Wildman–Crippen MR) is 118 cm³/mol. The maximum atomic E-state index is 12.1. The van der Waals surface area contributed by atoms with Gasteiger partial charge in [0.05, 0.1) is 0 Å². The first-order valence-corrected chi connectivity index (χ1v) is 9.43. The Bertz CT molecular complexity index is 1150. The summed E-state index contributed by atoms with van der Waals surface area (Å²) in [5.41, 5.74) is 2.53. The summed E-state index contributed by atoms with van der Waals surface area (Å²) in [5, 5.41) is 10.3. The zero-order chi connectivity index (χ0) is 20.8. The third-order valence-electron chi connectivity index (χ3n) is 4.22. The Morgan fingerprint density at radius 2 is 1.73 bits per heavy atom. The van der Waals surface area contributed by atoms with Gasteiger partial charge in [0, 0.05) is 35.9 Å². The molecule has 2 N–H and O–H groups in total. The molecule has 0 bridgehead atoms. The lowest BCUT2D eigenvalue weighted by molar-refractivity contribution is -0.111. The number of nitrogens with zero attached hydrogens (tertiary/aromatic N) is 4. The quantitative estimate of drug-likeness (QED) is 0.473. The average molecular weight is 396 g/mol. The molecule has 30 heavy (non-hydrogen) atoms. The number of anilines is 3. The predicted octanol–water partition coefficient (Wildman–Crippen LogP) is 4.37. The summed E-state index contributed by atoms with van der Waals surface area (Å²) in [4.78, 5) is 20.9. The largest absolute Gasteiger partial charge is 0.340 e. The van der Waals surface area contributed by atoms with E-state index in [-0.39, 0.29) is 5.91 Å². The van der Waals surface area contributed by atoms with E-state index in [4.69, 9.17) is 0 Å². The molecule has 148 valence electrons. The van der Waals surface area contributed by atoms with Gasteiger partial charge in [-0.05, 0) is 48.9 Å². The number of hydrogen-bond acceptors (Lipinski definition) is 5. The second kappa shape index (κ2) is 8.83. The first-order chi connectivity index (χ1) is 14.7. The van der Waals surface area contributed by atoms with Crippen molar-refractivity contribution in [2.75, 3.05) is 10.6 Å². The van der Waals surface area contributed by atoms with Gasteiger partial charge >= 0.3 is 0 Å². The van der Waals surface area contributed by atoms with E-state index in [1.54, 1.807) is 17.0 Å². The van der Waals surface area contributed by atoms with Crippen LogP contribution in [-0.2, 0) is 4.79 Å². The van der Waals surface area contributed by atoms with Crippen molar-refractivity contribution in [3.63, 3.8) is 0 Å². The summed E-state index contributed by atoms with van der Waals surface area (Å²) in [7, 11) is 0. The van der Waals surface area contributed by atoms with Crippen LogP contribution in [0, 0.1) is 6.92 Å². The molecule has 2 heterocycles. The molecule has 7 nitrogen and oxygen atoms in total. The van der Waals surface area contributed by atoms with Crippen molar-refractivity contribution in [1.29, 1.82) is 0 Å². The van der Waals surface area contributed by atoms with E-state index in [0.29, 0.717) is 23.1 Å². The first-order valence-electron chi connectivity index (χ1n) is 9.43. The van der Waals surface area contributed by atoms with Gasteiger partial charge in [-0.2, -0.15) is 5.10 Å². The number of amides is 1. The van der Waals surface area contributed by atoms with E-state index in [2.05, 4.69) is 25.7 Å². The molecule has 4 rings (SSSR count). The highest BCUT2D eigenvalue weighted by Gasteiger charge is 2.05. The van der Waals surface area contributed by atoms with E-state index in [1.807, 2.05) is 79.9 Å². The van der Waals surface area contributed by atoms with Crippen LogP contribution < -0.4 is 10.6 Å². The Balaban J connectivity index is 1.40. The number of aromatic nitrogens is 4. The highest BCUT2D eigenvalue weighted by atomic mass is 16.1. The van der Waals surface area contributed by atoms with Crippen LogP contribution in [0.5, 0.6) is 0 Å². The summed E-state index contributed by atoms with van der Waals surface area (Å²) in [6.07, 6.45) is 6.82. The molecule has 0 fully saturated rings. The van der Waals surface area contributed by atoms with Crippen molar-refractivity contribution in [3.8, 4) is 5.82 Å². The molecule has 0 saturated heterocycles. The molecule has 0 aliphatic heterocycles. The van der Waals surface area contributed by atoms with Gasteiger partial charge in [0.1, 0.15) is 11.6 Å². The number of carbonyl (C=O) groups is 1. The van der Waals surface area contributed by atoms with E-state index in [9.17, 15) is 4.79 Å². The van der Waals surface area contributed by atoms with E-state index in [0.717, 1.165) is 11.3 Å². The fourth-order valence-corrected chi connectivity index (χ4v) is 2.84. The highest BCUT2D eigenvalue weighted by molar-refractivity contribution is 6.02. The molecular formula is C23H20N6O. The molecule has 2 aromatic carbocycles. The smallest absolute Gasteiger partial charge is 0.248 e. The standard InChI is InChI=1S/C23H20N6O/c1-17-25-21(16-22(26-17)29-15-5-14-24-29)27-19-9-11-20(12-10-19)28-23(30)13-8-18-6-3-2-4-7-18/h2-16H,1H3,(H,28,30)(H,25,26,27)/b13-8+. The molecule has 0 aliphatic carbocycles. The van der Waals surface area contributed by atoms with Crippen LogP contribution in [0.2, 0.25) is 0 Å². The zero-order valence-electron chi connectivity index (χ0n) is 16.4. The Labute approximate surface area is 174 Å². The molecule has 1 amide bonds. The lowest BCUT2D eigenvalue weighted by Crippen LogP contribution is -2.07. The molecule has 4 aromatic rings. The molecule has 0 radical (unpaired) electrons. The van der Waals surface area contributed by atoms with Crippen LogP contribution >= 0.6 is 0 Å². The topological polar surface area (TPSA) is 84.7 Å². The van der Waals surface area contributed by atoms with Gasteiger partial charge in [0.25, 0.3) is 0 Å². The van der Waals surface area contributed by atoms with E-state index in [1.165, 1.54) is 6.08 Å². The molecule has 0 spiro atoms. The maximum absolute atomic E-state index is 12.1. The van der Waals surface area contributed by atoms with Gasteiger partial charge in [0.2, 0.25) is 5.91 Å². The summed E-state index contributed by atoms with van der Waals surface area (Å²) >= 11 is 0. The molecule has 7 heteroatoms. The average Bonchev–Trinajstić information content (AvgIpc) is 3.29. The number of hydrogen-bond donors (Lipinski definition) is 2. The minimum Gasteiger partial charge on any atom is -0.340 e. The van der Waals surface area contributed by atoms with Gasteiger partial charge in [-0.15, -0.1) is 0 Å². The van der Waals surface area contributed by atoms with Crippen molar-refractivity contribution in [2.24, 2.45) is 0 Å². The third-order valence-corrected chi connectivity index (χ3v) is 4.22. The van der Waals surface area contributed by atoms with Crippen LogP contribution in [0.25, 0.3) is 11.9 Å². The summed E-state index contributed by atoms with van der Waals surface area (Å²) < 4.78 is 1.68. The maximum Gasteiger partial charge on any atom is 0.248 e. The van der Waals surface area contributed by atoms with Crippen molar-refractivity contribution < 1.29 is 4.79 Å². The minimum absolute atomic E-state index is 0.185. The fourth-order valence-electron chi connectivity index (χ4n) is 2.84. The Kier molecular flexibility index (Phi) is 5.61. The Morgan fingerprint density at radius 1 is 0.967 bits per heavy atom. The zero-order valence-corrected chi connectivity index (χ0v) is 16.4. The summed E-state index contributed by atoms with van der Waals surface area (Å²) in [6.45, 7) is 1.83. The monoisotopic (exact) mass is 396 g/mol. The summed E-state index contributed by atoms with van der Waals surface area (Å²) in [6, 6.07) is 20.8. The number of rotatable bonds is 6. The van der Waals surface area contributed by atoms with Crippen molar-refractivity contribution >= 4 is 29.2 Å². The number of benzene rings is 2. The number of aryl methyl sites for hydroxylation is 1. The highest BCUT2D eigenvalue weighted by Crippen LogP contribution is 2.19. The van der Waals surface area contributed by atoms with Gasteiger partial charge < -0.3 is 10.6 Å². The SMILES string of the molecule is Cc1nc(Nc2ccc(NC(=O)/C=C/c3ccccc3)cc2)cc(-n2cccn2)n1. The number of nitrogens with one attached hydrogen (secondary N) is 2. The lowest BCUT2D eigenvalue weighted by Gasteiger charge is -2.09. The second-order valence-electron chi connectivity index (χ2n) is 6.54. The van der Waals surface area contributed by atoms with Crippen LogP contribution in [0.1, 0.15) is 11.4 Å². The van der Waals surface area contributed by atoms with Crippen molar-refractivity contribution in [3.05, 3.63) is 96.6 Å². The van der Waals surface area contributed by atoms with Gasteiger partial charge in [-0.1, -0.05) is 30.3 Å². The fraction of sp³-hybridized carbons (Fsp3) is 0.0435. The lowest BCUT2D eigenvalue weighted by atomic mass is 10.2. The molecule has 0 aliphatic rings. The first kappa shape index (κ1) is 19.1. The van der Waals surface area contributed by atoms with Gasteiger partial charge in [0.15, 0.2) is 5.82 Å². The summed E-state index contributed by atoms with van der Waals surface area (Å²) in [5.74, 6) is 1.80. The number of carbonyl (C=O) groups excluding carboxylic acids is 1. The normalized spacial score (nSPS) is 10.8. The molecule has 0 saturated carbocycles. The van der Waals surface area contributed by atoms with E-state index < -0.39 is 0 Å².